The second kappa shape index (κ2) is 4.64. The van der Waals surface area contributed by atoms with Crippen LogP contribution in [0.2, 0.25) is 0 Å². The standard InChI is InChI=1S/C16H23N3/c1-12(2)16(9-6-10-17-16)11-14-13-7-4-5-8-15(13)19(3)18-14/h4-5,7-8,12,17H,6,9-11H2,1-3H3. The Kier molecular flexibility index (Phi) is 3.09. The highest BCUT2D eigenvalue weighted by molar-refractivity contribution is 5.82. The van der Waals surface area contributed by atoms with E-state index < -0.39 is 0 Å². The van der Waals surface area contributed by atoms with Gasteiger partial charge in [0.2, 0.25) is 0 Å². The Labute approximate surface area is 115 Å². The summed E-state index contributed by atoms with van der Waals surface area (Å²) < 4.78 is 2.01. The lowest BCUT2D eigenvalue weighted by Crippen LogP contribution is -2.46. The van der Waals surface area contributed by atoms with Crippen molar-refractivity contribution in [3.05, 3.63) is 30.0 Å². The van der Waals surface area contributed by atoms with Crippen molar-refractivity contribution >= 4 is 10.9 Å². The molecule has 1 aromatic carbocycles. The molecule has 1 N–H and O–H groups in total. The normalized spacial score (nSPS) is 23.6. The summed E-state index contributed by atoms with van der Waals surface area (Å²) in [5, 5.41) is 9.80. The maximum absolute atomic E-state index is 4.76. The summed E-state index contributed by atoms with van der Waals surface area (Å²) in [4.78, 5) is 0. The number of aryl methyl sites for hydroxylation is 1. The van der Waals surface area contributed by atoms with Crippen molar-refractivity contribution in [1.29, 1.82) is 0 Å². The summed E-state index contributed by atoms with van der Waals surface area (Å²) in [6, 6.07) is 8.54. The SMILES string of the molecule is CC(C)C1(Cc2nn(C)c3ccccc23)CCCN1. The van der Waals surface area contributed by atoms with Gasteiger partial charge in [-0.25, -0.2) is 0 Å². The second-order valence-electron chi connectivity index (χ2n) is 6.11. The minimum absolute atomic E-state index is 0.233. The highest BCUT2D eigenvalue weighted by Crippen LogP contribution is 2.32. The molecule has 1 atom stereocenters. The minimum atomic E-state index is 0.233. The monoisotopic (exact) mass is 257 g/mol. The van der Waals surface area contributed by atoms with Crippen LogP contribution in [0.3, 0.4) is 0 Å². The molecule has 3 heteroatoms. The van der Waals surface area contributed by atoms with Crippen molar-refractivity contribution in [3.8, 4) is 0 Å². The molecule has 19 heavy (non-hydrogen) atoms. The molecule has 0 bridgehead atoms. The number of hydrogen-bond acceptors (Lipinski definition) is 2. The smallest absolute Gasteiger partial charge is 0.0721 e. The van der Waals surface area contributed by atoms with Crippen LogP contribution in [0.5, 0.6) is 0 Å². The Morgan fingerprint density at radius 2 is 2.16 bits per heavy atom. The van der Waals surface area contributed by atoms with Crippen molar-refractivity contribution < 1.29 is 0 Å². The predicted molar refractivity (Wildman–Crippen MR) is 79.2 cm³/mol. The molecule has 0 aliphatic carbocycles. The molecule has 1 fully saturated rings. The van der Waals surface area contributed by atoms with Crippen LogP contribution in [0.4, 0.5) is 0 Å². The summed E-state index contributed by atoms with van der Waals surface area (Å²) in [6.45, 7) is 5.79. The van der Waals surface area contributed by atoms with Crippen molar-refractivity contribution in [2.24, 2.45) is 13.0 Å². The van der Waals surface area contributed by atoms with Crippen LogP contribution in [0, 0.1) is 5.92 Å². The van der Waals surface area contributed by atoms with Gasteiger partial charge in [-0.05, 0) is 31.4 Å². The summed E-state index contributed by atoms with van der Waals surface area (Å²) in [5.74, 6) is 0.635. The summed E-state index contributed by atoms with van der Waals surface area (Å²) in [7, 11) is 2.04. The third kappa shape index (κ3) is 2.06. The fourth-order valence-electron chi connectivity index (χ4n) is 3.40. The number of rotatable bonds is 3. The molecule has 3 nitrogen and oxygen atoms in total. The Balaban J connectivity index is 2.01. The van der Waals surface area contributed by atoms with E-state index in [9.17, 15) is 0 Å². The van der Waals surface area contributed by atoms with Crippen LogP contribution in [-0.4, -0.2) is 21.9 Å². The van der Waals surface area contributed by atoms with E-state index in [0.717, 1.165) is 13.0 Å². The van der Waals surface area contributed by atoms with Crippen molar-refractivity contribution in [2.45, 2.75) is 38.6 Å². The quantitative estimate of drug-likeness (QED) is 0.916. The number of benzene rings is 1. The highest BCUT2D eigenvalue weighted by atomic mass is 15.3. The molecule has 0 amide bonds. The summed E-state index contributed by atoms with van der Waals surface area (Å²) in [5.41, 5.74) is 2.70. The van der Waals surface area contributed by atoms with E-state index in [0.29, 0.717) is 5.92 Å². The summed E-state index contributed by atoms with van der Waals surface area (Å²) >= 11 is 0. The largest absolute Gasteiger partial charge is 0.311 e. The van der Waals surface area contributed by atoms with Crippen LogP contribution >= 0.6 is 0 Å². The first kappa shape index (κ1) is 12.7. The highest BCUT2D eigenvalue weighted by Gasteiger charge is 2.37. The van der Waals surface area contributed by atoms with E-state index in [1.54, 1.807) is 0 Å². The number of aromatic nitrogens is 2. The molecule has 102 valence electrons. The number of nitrogens with one attached hydrogen (secondary N) is 1. The van der Waals surface area contributed by atoms with E-state index in [4.69, 9.17) is 5.10 Å². The fourth-order valence-corrected chi connectivity index (χ4v) is 3.40. The first-order valence-electron chi connectivity index (χ1n) is 7.28. The van der Waals surface area contributed by atoms with E-state index in [1.165, 1.54) is 29.4 Å². The zero-order valence-corrected chi connectivity index (χ0v) is 12.1. The van der Waals surface area contributed by atoms with Gasteiger partial charge in [0, 0.05) is 24.4 Å². The third-order valence-corrected chi connectivity index (χ3v) is 4.70. The Morgan fingerprint density at radius 1 is 1.37 bits per heavy atom. The zero-order valence-electron chi connectivity index (χ0n) is 12.1. The maximum atomic E-state index is 4.76. The lowest BCUT2D eigenvalue weighted by atomic mass is 9.80. The van der Waals surface area contributed by atoms with Gasteiger partial charge >= 0.3 is 0 Å². The minimum Gasteiger partial charge on any atom is -0.311 e. The lowest BCUT2D eigenvalue weighted by molar-refractivity contribution is 0.267. The van der Waals surface area contributed by atoms with Gasteiger partial charge in [-0.3, -0.25) is 4.68 Å². The van der Waals surface area contributed by atoms with Gasteiger partial charge < -0.3 is 5.32 Å². The first-order chi connectivity index (χ1) is 9.12. The molecule has 1 aliphatic rings. The molecule has 0 spiro atoms. The predicted octanol–water partition coefficient (Wildman–Crippen LogP) is 2.89. The number of fused-ring (bicyclic) bond motifs is 1. The van der Waals surface area contributed by atoms with Crippen molar-refractivity contribution in [3.63, 3.8) is 0 Å². The molecule has 1 aliphatic heterocycles. The van der Waals surface area contributed by atoms with E-state index in [-0.39, 0.29) is 5.54 Å². The van der Waals surface area contributed by atoms with Crippen LogP contribution in [0.15, 0.2) is 24.3 Å². The molecule has 1 saturated heterocycles. The Bertz CT molecular complexity index is 577. The van der Waals surface area contributed by atoms with Gasteiger partial charge in [-0.1, -0.05) is 32.0 Å². The second-order valence-corrected chi connectivity index (χ2v) is 6.11. The number of para-hydroxylation sites is 1. The first-order valence-corrected chi connectivity index (χ1v) is 7.28. The van der Waals surface area contributed by atoms with E-state index >= 15 is 0 Å². The average Bonchev–Trinajstić information content (AvgIpc) is 2.98. The van der Waals surface area contributed by atoms with Gasteiger partial charge in [0.15, 0.2) is 0 Å². The van der Waals surface area contributed by atoms with Gasteiger partial charge in [0.05, 0.1) is 11.2 Å². The van der Waals surface area contributed by atoms with Gasteiger partial charge in [0.25, 0.3) is 0 Å². The van der Waals surface area contributed by atoms with Gasteiger partial charge in [0.1, 0.15) is 0 Å². The topological polar surface area (TPSA) is 29.9 Å². The molecule has 0 saturated carbocycles. The van der Waals surface area contributed by atoms with Gasteiger partial charge in [-0.15, -0.1) is 0 Å². The van der Waals surface area contributed by atoms with Gasteiger partial charge in [-0.2, -0.15) is 5.10 Å². The molecule has 1 unspecified atom stereocenters. The molecular weight excluding hydrogens is 234 g/mol. The van der Waals surface area contributed by atoms with Crippen LogP contribution < -0.4 is 5.32 Å². The van der Waals surface area contributed by atoms with Crippen molar-refractivity contribution in [1.82, 2.24) is 15.1 Å². The van der Waals surface area contributed by atoms with Crippen molar-refractivity contribution in [2.75, 3.05) is 6.54 Å². The zero-order chi connectivity index (χ0) is 13.5. The van der Waals surface area contributed by atoms with E-state index in [1.807, 2.05) is 11.7 Å². The number of nitrogens with zero attached hydrogens (tertiary/aromatic N) is 2. The van der Waals surface area contributed by atoms with Crippen LogP contribution in [-0.2, 0) is 13.5 Å². The summed E-state index contributed by atoms with van der Waals surface area (Å²) in [6.07, 6.45) is 3.57. The third-order valence-electron chi connectivity index (χ3n) is 4.70. The maximum Gasteiger partial charge on any atom is 0.0721 e. The lowest BCUT2D eigenvalue weighted by Gasteiger charge is -2.33. The Hall–Kier alpha value is -1.35. The Morgan fingerprint density at radius 3 is 2.84 bits per heavy atom. The average molecular weight is 257 g/mol. The fraction of sp³-hybridized carbons (Fsp3) is 0.562. The van der Waals surface area contributed by atoms with Crippen LogP contribution in [0.25, 0.3) is 10.9 Å². The molecule has 2 aromatic rings. The molecule has 0 radical (unpaired) electrons. The van der Waals surface area contributed by atoms with E-state index in [2.05, 4.69) is 43.4 Å². The molecular formula is C16H23N3. The molecule has 2 heterocycles. The molecule has 1 aromatic heterocycles. The molecule has 3 rings (SSSR count). The van der Waals surface area contributed by atoms with Crippen LogP contribution in [0.1, 0.15) is 32.4 Å². The number of hydrogen-bond donors (Lipinski definition) is 1.